The van der Waals surface area contributed by atoms with Crippen LogP contribution in [0.5, 0.6) is 11.5 Å². The number of methoxy groups -OCH3 is 2. The molecule has 1 fully saturated rings. The highest BCUT2D eigenvalue weighted by molar-refractivity contribution is 5.72. The zero-order chi connectivity index (χ0) is 13.1. The van der Waals surface area contributed by atoms with Crippen LogP contribution < -0.4 is 9.47 Å². The molecule has 1 aliphatic heterocycles. The molecule has 1 N–H and O–H groups in total. The van der Waals surface area contributed by atoms with E-state index < -0.39 is 18.0 Å². The average molecular weight is 252 g/mol. The van der Waals surface area contributed by atoms with Gasteiger partial charge in [0.15, 0.2) is 11.5 Å². The van der Waals surface area contributed by atoms with Gasteiger partial charge in [-0.1, -0.05) is 12.1 Å². The van der Waals surface area contributed by atoms with E-state index in [1.54, 1.807) is 19.2 Å². The van der Waals surface area contributed by atoms with E-state index in [1.807, 2.05) is 6.07 Å². The van der Waals surface area contributed by atoms with Crippen molar-refractivity contribution in [1.82, 2.24) is 0 Å². The van der Waals surface area contributed by atoms with Gasteiger partial charge in [-0.2, -0.15) is 0 Å². The SMILES string of the molecule is COc1cccc(C2OCCC2C(=O)O)c1OC. The molecule has 0 saturated carbocycles. The topological polar surface area (TPSA) is 65.0 Å². The number of hydrogen-bond donors (Lipinski definition) is 1. The lowest BCUT2D eigenvalue weighted by Crippen LogP contribution is -2.18. The molecule has 2 rings (SSSR count). The molecule has 1 saturated heterocycles. The van der Waals surface area contributed by atoms with Crippen molar-refractivity contribution in [3.05, 3.63) is 23.8 Å². The lowest BCUT2D eigenvalue weighted by atomic mass is 9.94. The van der Waals surface area contributed by atoms with E-state index >= 15 is 0 Å². The van der Waals surface area contributed by atoms with Crippen molar-refractivity contribution in [2.45, 2.75) is 12.5 Å². The second-order valence-electron chi connectivity index (χ2n) is 4.11. The minimum atomic E-state index is -0.845. The fourth-order valence-electron chi connectivity index (χ4n) is 2.29. The third-order valence-corrected chi connectivity index (χ3v) is 3.15. The predicted molar refractivity (Wildman–Crippen MR) is 64.0 cm³/mol. The summed E-state index contributed by atoms with van der Waals surface area (Å²) in [6, 6.07) is 5.39. The number of aliphatic carboxylic acids is 1. The van der Waals surface area contributed by atoms with Gasteiger partial charge in [0.25, 0.3) is 0 Å². The van der Waals surface area contributed by atoms with Crippen LogP contribution in [0.25, 0.3) is 0 Å². The molecule has 5 nitrogen and oxygen atoms in total. The lowest BCUT2D eigenvalue weighted by molar-refractivity contribution is -0.143. The van der Waals surface area contributed by atoms with Gasteiger partial charge in [-0.3, -0.25) is 4.79 Å². The number of carbonyl (C=O) groups is 1. The summed E-state index contributed by atoms with van der Waals surface area (Å²) in [7, 11) is 3.08. The smallest absolute Gasteiger partial charge is 0.309 e. The molecule has 18 heavy (non-hydrogen) atoms. The standard InChI is InChI=1S/C13H16O5/c1-16-10-5-3-4-8(12(10)17-2)11-9(13(14)15)6-7-18-11/h3-5,9,11H,6-7H2,1-2H3,(H,14,15). The van der Waals surface area contributed by atoms with Gasteiger partial charge in [0.2, 0.25) is 0 Å². The fourth-order valence-corrected chi connectivity index (χ4v) is 2.29. The molecule has 98 valence electrons. The van der Waals surface area contributed by atoms with Crippen LogP contribution in [0.1, 0.15) is 18.1 Å². The Bertz CT molecular complexity index is 443. The van der Waals surface area contributed by atoms with Crippen LogP contribution in [0, 0.1) is 5.92 Å². The molecule has 0 bridgehead atoms. The average Bonchev–Trinajstić information content (AvgIpc) is 2.86. The Labute approximate surface area is 105 Å². The summed E-state index contributed by atoms with van der Waals surface area (Å²) in [5, 5.41) is 9.18. The molecule has 5 heteroatoms. The normalized spacial score (nSPS) is 22.8. The van der Waals surface area contributed by atoms with Crippen LogP contribution in [-0.2, 0) is 9.53 Å². The minimum Gasteiger partial charge on any atom is -0.493 e. The Balaban J connectivity index is 2.41. The highest BCUT2D eigenvalue weighted by atomic mass is 16.5. The van der Waals surface area contributed by atoms with E-state index in [0.29, 0.717) is 24.5 Å². The van der Waals surface area contributed by atoms with Crippen LogP contribution in [-0.4, -0.2) is 31.9 Å². The van der Waals surface area contributed by atoms with Crippen LogP contribution in [0.15, 0.2) is 18.2 Å². The maximum Gasteiger partial charge on any atom is 0.309 e. The van der Waals surface area contributed by atoms with E-state index in [1.165, 1.54) is 7.11 Å². The van der Waals surface area contributed by atoms with Gasteiger partial charge < -0.3 is 19.3 Å². The van der Waals surface area contributed by atoms with Crippen molar-refractivity contribution in [2.24, 2.45) is 5.92 Å². The molecule has 0 amide bonds. The quantitative estimate of drug-likeness (QED) is 0.886. The Morgan fingerprint density at radius 2 is 2.17 bits per heavy atom. The fraction of sp³-hybridized carbons (Fsp3) is 0.462. The lowest BCUT2D eigenvalue weighted by Gasteiger charge is -2.19. The third kappa shape index (κ3) is 2.13. The van der Waals surface area contributed by atoms with E-state index in [0.717, 1.165) is 5.56 Å². The first-order valence-electron chi connectivity index (χ1n) is 5.74. The summed E-state index contributed by atoms with van der Waals surface area (Å²) < 4.78 is 16.1. The molecule has 1 aromatic carbocycles. The second-order valence-corrected chi connectivity index (χ2v) is 4.11. The van der Waals surface area contributed by atoms with Gasteiger partial charge in [0, 0.05) is 12.2 Å². The summed E-state index contributed by atoms with van der Waals surface area (Å²) in [6.07, 6.45) is 0.0351. The first-order chi connectivity index (χ1) is 8.69. The van der Waals surface area contributed by atoms with Crippen LogP contribution in [0.4, 0.5) is 0 Å². The van der Waals surface area contributed by atoms with Crippen molar-refractivity contribution in [3.63, 3.8) is 0 Å². The first-order valence-corrected chi connectivity index (χ1v) is 5.74. The van der Waals surface area contributed by atoms with E-state index in [-0.39, 0.29) is 0 Å². The molecule has 1 aromatic rings. The zero-order valence-electron chi connectivity index (χ0n) is 10.4. The summed E-state index contributed by atoms with van der Waals surface area (Å²) in [5.74, 6) is -0.263. The van der Waals surface area contributed by atoms with Gasteiger partial charge in [0.05, 0.1) is 26.2 Å². The van der Waals surface area contributed by atoms with Crippen molar-refractivity contribution in [3.8, 4) is 11.5 Å². The number of ether oxygens (including phenoxy) is 3. The zero-order valence-corrected chi connectivity index (χ0v) is 10.4. The summed E-state index contributed by atoms with van der Waals surface area (Å²) >= 11 is 0. The molecule has 2 atom stereocenters. The number of benzene rings is 1. The first kappa shape index (κ1) is 12.7. The second kappa shape index (κ2) is 5.27. The van der Waals surface area contributed by atoms with Crippen LogP contribution in [0.3, 0.4) is 0 Å². The third-order valence-electron chi connectivity index (χ3n) is 3.15. The number of rotatable bonds is 4. The Hall–Kier alpha value is -1.75. The van der Waals surface area contributed by atoms with Crippen LogP contribution in [0.2, 0.25) is 0 Å². The van der Waals surface area contributed by atoms with Gasteiger partial charge >= 0.3 is 5.97 Å². The van der Waals surface area contributed by atoms with Gasteiger partial charge in [0.1, 0.15) is 0 Å². The Morgan fingerprint density at radius 1 is 1.39 bits per heavy atom. The van der Waals surface area contributed by atoms with Gasteiger partial charge in [-0.05, 0) is 12.5 Å². The van der Waals surface area contributed by atoms with E-state index in [4.69, 9.17) is 14.2 Å². The molecule has 0 spiro atoms. The highest BCUT2D eigenvalue weighted by Gasteiger charge is 2.37. The number of hydrogen-bond acceptors (Lipinski definition) is 4. The van der Waals surface area contributed by atoms with Gasteiger partial charge in [-0.15, -0.1) is 0 Å². The highest BCUT2D eigenvalue weighted by Crippen LogP contribution is 2.42. The molecule has 0 aromatic heterocycles. The predicted octanol–water partition coefficient (Wildman–Crippen LogP) is 1.87. The largest absolute Gasteiger partial charge is 0.493 e. The molecule has 1 aliphatic rings. The van der Waals surface area contributed by atoms with E-state index in [2.05, 4.69) is 0 Å². The van der Waals surface area contributed by atoms with Crippen molar-refractivity contribution >= 4 is 5.97 Å². The minimum absolute atomic E-state index is 0.446. The summed E-state index contributed by atoms with van der Waals surface area (Å²) in [6.45, 7) is 0.446. The monoisotopic (exact) mass is 252 g/mol. The Morgan fingerprint density at radius 3 is 2.78 bits per heavy atom. The molecular weight excluding hydrogens is 236 g/mol. The van der Waals surface area contributed by atoms with Crippen molar-refractivity contribution < 1.29 is 24.1 Å². The number of carboxylic acid groups (broad SMARTS) is 1. The van der Waals surface area contributed by atoms with Crippen LogP contribution >= 0.6 is 0 Å². The summed E-state index contributed by atoms with van der Waals surface area (Å²) in [4.78, 5) is 11.2. The van der Waals surface area contributed by atoms with Crippen molar-refractivity contribution in [1.29, 1.82) is 0 Å². The van der Waals surface area contributed by atoms with Crippen molar-refractivity contribution in [2.75, 3.05) is 20.8 Å². The number of carboxylic acids is 1. The molecule has 1 heterocycles. The molecule has 0 aliphatic carbocycles. The maximum atomic E-state index is 11.2. The molecule has 0 radical (unpaired) electrons. The maximum absolute atomic E-state index is 11.2. The van der Waals surface area contributed by atoms with E-state index in [9.17, 15) is 9.90 Å². The molecule has 2 unspecified atom stereocenters. The number of para-hydroxylation sites is 1. The molecular formula is C13H16O5. The summed E-state index contributed by atoms with van der Waals surface area (Å²) in [5.41, 5.74) is 0.724. The Kier molecular flexibility index (Phi) is 3.72. The van der Waals surface area contributed by atoms with Gasteiger partial charge in [-0.25, -0.2) is 0 Å².